The summed E-state index contributed by atoms with van der Waals surface area (Å²) in [5, 5.41) is 10.5. The summed E-state index contributed by atoms with van der Waals surface area (Å²) in [6.07, 6.45) is 1.97. The molecule has 0 saturated carbocycles. The molecule has 100 valence electrons. The van der Waals surface area contributed by atoms with Crippen molar-refractivity contribution < 1.29 is 14.2 Å². The van der Waals surface area contributed by atoms with Crippen molar-refractivity contribution in [1.82, 2.24) is 4.90 Å². The fourth-order valence-corrected chi connectivity index (χ4v) is 2.41. The smallest absolute Gasteiger partial charge is 0.165 e. The Bertz CT molecular complexity index is 414. The van der Waals surface area contributed by atoms with Crippen LogP contribution in [0.15, 0.2) is 18.2 Å². The van der Waals surface area contributed by atoms with Gasteiger partial charge in [0, 0.05) is 19.5 Å². The molecule has 2 rings (SSSR count). The van der Waals surface area contributed by atoms with Gasteiger partial charge in [0.2, 0.25) is 0 Å². The molecule has 0 aromatic heterocycles. The van der Waals surface area contributed by atoms with E-state index in [4.69, 9.17) is 4.74 Å². The summed E-state index contributed by atoms with van der Waals surface area (Å²) in [6.45, 7) is 1.77. The second-order valence-corrected chi connectivity index (χ2v) is 5.17. The van der Waals surface area contributed by atoms with E-state index in [0.717, 1.165) is 31.5 Å². The Labute approximate surface area is 107 Å². The van der Waals surface area contributed by atoms with Crippen LogP contribution in [0.1, 0.15) is 18.4 Å². The van der Waals surface area contributed by atoms with Crippen LogP contribution in [0.25, 0.3) is 0 Å². The van der Waals surface area contributed by atoms with Gasteiger partial charge in [-0.15, -0.1) is 0 Å². The lowest BCUT2D eigenvalue weighted by molar-refractivity contribution is -0.0150. The quantitative estimate of drug-likeness (QED) is 0.892. The van der Waals surface area contributed by atoms with Gasteiger partial charge in [-0.25, -0.2) is 4.39 Å². The van der Waals surface area contributed by atoms with Crippen LogP contribution in [0.5, 0.6) is 5.75 Å². The van der Waals surface area contributed by atoms with Gasteiger partial charge in [0.05, 0.1) is 12.7 Å². The average Bonchev–Trinajstić information content (AvgIpc) is 2.34. The van der Waals surface area contributed by atoms with Crippen LogP contribution in [0.2, 0.25) is 0 Å². The van der Waals surface area contributed by atoms with E-state index in [2.05, 4.69) is 4.90 Å². The number of rotatable bonds is 3. The Morgan fingerprint density at radius 3 is 2.61 bits per heavy atom. The van der Waals surface area contributed by atoms with E-state index in [1.807, 2.05) is 13.1 Å². The number of nitrogens with zero attached hydrogens (tertiary/aromatic N) is 1. The maximum atomic E-state index is 13.6. The van der Waals surface area contributed by atoms with E-state index in [0.29, 0.717) is 6.42 Å². The van der Waals surface area contributed by atoms with Gasteiger partial charge < -0.3 is 14.7 Å². The largest absolute Gasteiger partial charge is 0.494 e. The van der Waals surface area contributed by atoms with Crippen molar-refractivity contribution in [3.8, 4) is 5.75 Å². The van der Waals surface area contributed by atoms with Crippen molar-refractivity contribution in [2.75, 3.05) is 27.2 Å². The molecule has 3 nitrogen and oxygen atoms in total. The molecule has 0 spiro atoms. The topological polar surface area (TPSA) is 32.7 Å². The fraction of sp³-hybridized carbons (Fsp3) is 0.571. The van der Waals surface area contributed by atoms with Gasteiger partial charge in [-0.3, -0.25) is 0 Å². The van der Waals surface area contributed by atoms with Gasteiger partial charge >= 0.3 is 0 Å². The average molecular weight is 253 g/mol. The van der Waals surface area contributed by atoms with E-state index in [1.54, 1.807) is 6.07 Å². The maximum absolute atomic E-state index is 13.6. The fourth-order valence-electron chi connectivity index (χ4n) is 2.41. The van der Waals surface area contributed by atoms with Crippen molar-refractivity contribution in [2.45, 2.75) is 24.9 Å². The Balaban J connectivity index is 2.07. The van der Waals surface area contributed by atoms with E-state index >= 15 is 0 Å². The van der Waals surface area contributed by atoms with E-state index < -0.39 is 5.60 Å². The SMILES string of the molecule is COc1ccc(CC2(O)CCN(C)CC2)cc1F. The van der Waals surface area contributed by atoms with Gasteiger partial charge in [0.15, 0.2) is 11.6 Å². The highest BCUT2D eigenvalue weighted by Gasteiger charge is 2.31. The van der Waals surface area contributed by atoms with E-state index in [-0.39, 0.29) is 11.6 Å². The van der Waals surface area contributed by atoms with E-state index in [1.165, 1.54) is 13.2 Å². The first-order valence-electron chi connectivity index (χ1n) is 6.26. The normalized spacial score (nSPS) is 19.8. The van der Waals surface area contributed by atoms with Gasteiger partial charge in [-0.05, 0) is 37.6 Å². The maximum Gasteiger partial charge on any atom is 0.165 e. The number of aliphatic hydroxyl groups is 1. The molecule has 0 radical (unpaired) electrons. The van der Waals surface area contributed by atoms with Crippen molar-refractivity contribution in [2.24, 2.45) is 0 Å². The number of hydrogen-bond acceptors (Lipinski definition) is 3. The second-order valence-electron chi connectivity index (χ2n) is 5.17. The Morgan fingerprint density at radius 1 is 1.39 bits per heavy atom. The molecular formula is C14H20FNO2. The van der Waals surface area contributed by atoms with Crippen molar-refractivity contribution >= 4 is 0 Å². The van der Waals surface area contributed by atoms with Crippen molar-refractivity contribution in [3.05, 3.63) is 29.6 Å². The summed E-state index contributed by atoms with van der Waals surface area (Å²) in [4.78, 5) is 2.20. The number of piperidine rings is 1. The molecule has 1 aromatic rings. The molecule has 1 saturated heterocycles. The monoisotopic (exact) mass is 253 g/mol. The van der Waals surface area contributed by atoms with Crippen LogP contribution in [-0.4, -0.2) is 42.9 Å². The number of methoxy groups -OCH3 is 1. The highest BCUT2D eigenvalue weighted by molar-refractivity contribution is 5.30. The third kappa shape index (κ3) is 3.00. The molecule has 1 heterocycles. The van der Waals surface area contributed by atoms with Crippen LogP contribution < -0.4 is 4.74 Å². The molecule has 1 N–H and O–H groups in total. The number of ether oxygens (including phenoxy) is 1. The lowest BCUT2D eigenvalue weighted by Gasteiger charge is -2.36. The summed E-state index contributed by atoms with van der Waals surface area (Å²) < 4.78 is 18.5. The number of halogens is 1. The lowest BCUT2D eigenvalue weighted by atomic mass is 9.85. The third-order valence-corrected chi connectivity index (χ3v) is 3.67. The molecule has 1 aromatic carbocycles. The predicted molar refractivity (Wildman–Crippen MR) is 68.3 cm³/mol. The Kier molecular flexibility index (Phi) is 3.88. The molecule has 4 heteroatoms. The minimum absolute atomic E-state index is 0.245. The molecule has 0 aliphatic carbocycles. The van der Waals surface area contributed by atoms with Crippen LogP contribution >= 0.6 is 0 Å². The van der Waals surface area contributed by atoms with Gasteiger partial charge in [0.25, 0.3) is 0 Å². The van der Waals surface area contributed by atoms with Crippen LogP contribution in [0.3, 0.4) is 0 Å². The molecular weight excluding hydrogens is 233 g/mol. The minimum atomic E-state index is -0.701. The first-order valence-corrected chi connectivity index (χ1v) is 6.26. The van der Waals surface area contributed by atoms with Crippen molar-refractivity contribution in [3.63, 3.8) is 0 Å². The summed E-state index contributed by atoms with van der Waals surface area (Å²) in [5.41, 5.74) is 0.119. The summed E-state index contributed by atoms with van der Waals surface area (Å²) in [7, 11) is 3.50. The molecule has 0 amide bonds. The van der Waals surface area contributed by atoms with Gasteiger partial charge in [-0.2, -0.15) is 0 Å². The molecule has 1 aliphatic rings. The molecule has 1 fully saturated rings. The predicted octanol–water partition coefficient (Wildman–Crippen LogP) is 1.83. The summed E-state index contributed by atoms with van der Waals surface area (Å²) >= 11 is 0. The van der Waals surface area contributed by atoms with Crippen LogP contribution in [0, 0.1) is 5.82 Å². The number of likely N-dealkylation sites (tertiary alicyclic amines) is 1. The van der Waals surface area contributed by atoms with Gasteiger partial charge in [0.1, 0.15) is 0 Å². The van der Waals surface area contributed by atoms with Crippen molar-refractivity contribution in [1.29, 1.82) is 0 Å². The zero-order valence-electron chi connectivity index (χ0n) is 10.9. The molecule has 1 aliphatic heterocycles. The van der Waals surface area contributed by atoms with Crippen LogP contribution in [0.4, 0.5) is 4.39 Å². The standard InChI is InChI=1S/C14H20FNO2/c1-16-7-5-14(17,6-8-16)10-11-3-4-13(18-2)12(15)9-11/h3-4,9,17H,5-8,10H2,1-2H3. The number of benzene rings is 1. The molecule has 18 heavy (non-hydrogen) atoms. The highest BCUT2D eigenvalue weighted by Crippen LogP contribution is 2.27. The number of hydrogen-bond donors (Lipinski definition) is 1. The van der Waals surface area contributed by atoms with Crippen LogP contribution in [-0.2, 0) is 6.42 Å². The molecule has 0 atom stereocenters. The van der Waals surface area contributed by atoms with E-state index in [9.17, 15) is 9.50 Å². The zero-order valence-corrected chi connectivity index (χ0v) is 10.9. The lowest BCUT2D eigenvalue weighted by Crippen LogP contribution is -2.44. The molecule has 0 unspecified atom stereocenters. The summed E-state index contributed by atoms with van der Waals surface area (Å²) in [5.74, 6) is -0.124. The second kappa shape index (κ2) is 5.24. The highest BCUT2D eigenvalue weighted by atomic mass is 19.1. The Morgan fingerprint density at radius 2 is 2.06 bits per heavy atom. The third-order valence-electron chi connectivity index (χ3n) is 3.67. The first kappa shape index (κ1) is 13.3. The molecule has 0 bridgehead atoms. The Hall–Kier alpha value is -1.13. The van der Waals surface area contributed by atoms with Gasteiger partial charge in [-0.1, -0.05) is 6.07 Å². The summed E-state index contributed by atoms with van der Waals surface area (Å²) in [6, 6.07) is 4.89. The first-order chi connectivity index (χ1) is 8.52. The zero-order chi connectivity index (χ0) is 13.2. The minimum Gasteiger partial charge on any atom is -0.494 e.